The molecule has 0 aliphatic heterocycles. The maximum Gasteiger partial charge on any atom is 0.194 e. The molecule has 0 saturated carbocycles. The highest BCUT2D eigenvalue weighted by molar-refractivity contribution is 14.0. The average molecular weight is 466 g/mol. The van der Waals surface area contributed by atoms with Gasteiger partial charge in [-0.25, -0.2) is 0 Å². The lowest BCUT2D eigenvalue weighted by molar-refractivity contribution is 0.391. The minimum atomic E-state index is 0. The Morgan fingerprint density at radius 3 is 2.65 bits per heavy atom. The summed E-state index contributed by atoms with van der Waals surface area (Å²) in [5, 5.41) is 9.66. The van der Waals surface area contributed by atoms with E-state index in [1.54, 1.807) is 20.4 Å². The maximum atomic E-state index is 5.27. The number of halogens is 1. The van der Waals surface area contributed by atoms with E-state index >= 15 is 0 Å². The molecule has 0 unspecified atom stereocenters. The lowest BCUT2D eigenvalue weighted by Crippen LogP contribution is -2.38. The first-order valence-corrected chi connectivity index (χ1v) is 8.07. The summed E-state index contributed by atoms with van der Waals surface area (Å²) in [5.74, 6) is 1.67. The van der Waals surface area contributed by atoms with Crippen molar-refractivity contribution in [3.8, 4) is 5.75 Å². The Bertz CT molecular complexity index is 865. The molecule has 138 valence electrons. The van der Waals surface area contributed by atoms with Gasteiger partial charge in [0.15, 0.2) is 5.96 Å². The van der Waals surface area contributed by atoms with Crippen molar-refractivity contribution in [2.24, 2.45) is 4.99 Å². The molecule has 1 N–H and O–H groups in total. The maximum absolute atomic E-state index is 5.27. The lowest BCUT2D eigenvalue weighted by Gasteiger charge is -2.21. The number of ether oxygens (including phenoxy) is 1. The van der Waals surface area contributed by atoms with E-state index in [4.69, 9.17) is 9.26 Å². The normalized spacial score (nSPS) is 11.1. The number of nitrogens with one attached hydrogen (secondary N) is 1. The van der Waals surface area contributed by atoms with Gasteiger partial charge in [-0.1, -0.05) is 23.4 Å². The molecule has 3 aromatic rings. The molecule has 26 heavy (non-hydrogen) atoms. The Morgan fingerprint density at radius 1 is 1.19 bits per heavy atom. The molecule has 0 amide bonds. The van der Waals surface area contributed by atoms with Crippen molar-refractivity contribution in [1.29, 1.82) is 0 Å². The molecule has 3 rings (SSSR count). The summed E-state index contributed by atoms with van der Waals surface area (Å²) in [6.45, 7) is 1.32. The van der Waals surface area contributed by atoms with Gasteiger partial charge in [0, 0.05) is 26.7 Å². The third-order valence-corrected chi connectivity index (χ3v) is 4.03. The van der Waals surface area contributed by atoms with Gasteiger partial charge >= 0.3 is 0 Å². The second-order valence-electron chi connectivity index (χ2n) is 5.80. The van der Waals surface area contributed by atoms with Crippen LogP contribution in [0.15, 0.2) is 58.2 Å². The molecule has 7 heteroatoms. The largest absolute Gasteiger partial charge is 0.497 e. The first-order valence-electron chi connectivity index (χ1n) is 8.07. The molecule has 0 spiro atoms. The number of aliphatic imine (C=N–C) groups is 1. The van der Waals surface area contributed by atoms with Crippen LogP contribution in [0, 0.1) is 0 Å². The number of hydrogen-bond acceptors (Lipinski definition) is 4. The van der Waals surface area contributed by atoms with Crippen molar-refractivity contribution in [2.75, 3.05) is 21.2 Å². The number of guanidine groups is 1. The molecular weight excluding hydrogens is 443 g/mol. The van der Waals surface area contributed by atoms with Crippen LogP contribution >= 0.6 is 24.0 Å². The summed E-state index contributed by atoms with van der Waals surface area (Å²) in [6, 6.07) is 14.3. The Balaban J connectivity index is 0.00000243. The van der Waals surface area contributed by atoms with E-state index in [9.17, 15) is 0 Å². The fourth-order valence-electron chi connectivity index (χ4n) is 2.71. The van der Waals surface area contributed by atoms with E-state index in [-0.39, 0.29) is 24.0 Å². The zero-order valence-electron chi connectivity index (χ0n) is 15.1. The van der Waals surface area contributed by atoms with Crippen LogP contribution in [0.5, 0.6) is 5.75 Å². The second kappa shape index (κ2) is 9.42. The number of nitrogens with zero attached hydrogens (tertiary/aromatic N) is 3. The molecule has 1 heterocycles. The molecule has 0 saturated heterocycles. The quantitative estimate of drug-likeness (QED) is 0.353. The predicted molar refractivity (Wildman–Crippen MR) is 114 cm³/mol. The number of methoxy groups -OCH3 is 1. The summed E-state index contributed by atoms with van der Waals surface area (Å²) >= 11 is 0. The predicted octanol–water partition coefficient (Wildman–Crippen LogP) is 3.66. The summed E-state index contributed by atoms with van der Waals surface area (Å²) in [7, 11) is 5.42. The van der Waals surface area contributed by atoms with Gasteiger partial charge in [-0.15, -0.1) is 24.0 Å². The monoisotopic (exact) mass is 466 g/mol. The number of hydrogen-bond donors (Lipinski definition) is 1. The Kier molecular flexibility index (Phi) is 7.26. The van der Waals surface area contributed by atoms with Gasteiger partial charge in [0.25, 0.3) is 0 Å². The van der Waals surface area contributed by atoms with Gasteiger partial charge in [0.1, 0.15) is 17.7 Å². The number of rotatable bonds is 5. The highest BCUT2D eigenvalue weighted by Crippen LogP contribution is 2.21. The second-order valence-corrected chi connectivity index (χ2v) is 5.80. The van der Waals surface area contributed by atoms with Crippen molar-refractivity contribution in [3.63, 3.8) is 0 Å². The molecule has 0 aliphatic rings. The van der Waals surface area contributed by atoms with E-state index in [1.165, 1.54) is 10.9 Å². The SMILES string of the molecule is CN=C(NCc1ccc2cc(OC)ccc2c1)N(C)Cc1ccon1.I. The highest BCUT2D eigenvalue weighted by Gasteiger charge is 2.08. The lowest BCUT2D eigenvalue weighted by atomic mass is 10.1. The van der Waals surface area contributed by atoms with Crippen LogP contribution in [0.4, 0.5) is 0 Å². The summed E-state index contributed by atoms with van der Waals surface area (Å²) in [4.78, 5) is 6.33. The van der Waals surface area contributed by atoms with Crippen LogP contribution in [0.3, 0.4) is 0 Å². The van der Waals surface area contributed by atoms with Crippen LogP contribution < -0.4 is 10.1 Å². The van der Waals surface area contributed by atoms with Crippen molar-refractivity contribution in [1.82, 2.24) is 15.4 Å². The topological polar surface area (TPSA) is 62.9 Å². The molecule has 0 fully saturated rings. The summed E-state index contributed by atoms with van der Waals surface area (Å²) in [5.41, 5.74) is 2.05. The number of aromatic nitrogens is 1. The fourth-order valence-corrected chi connectivity index (χ4v) is 2.71. The van der Waals surface area contributed by atoms with Gasteiger partial charge in [-0.2, -0.15) is 0 Å². The van der Waals surface area contributed by atoms with E-state index in [0.717, 1.165) is 22.8 Å². The molecule has 0 bridgehead atoms. The van der Waals surface area contributed by atoms with Crippen LogP contribution in [-0.2, 0) is 13.1 Å². The van der Waals surface area contributed by atoms with Crippen LogP contribution in [-0.4, -0.2) is 37.2 Å². The van der Waals surface area contributed by atoms with Crippen molar-refractivity contribution in [3.05, 3.63) is 60.0 Å². The Morgan fingerprint density at radius 2 is 1.96 bits per heavy atom. The van der Waals surface area contributed by atoms with E-state index in [0.29, 0.717) is 13.1 Å². The van der Waals surface area contributed by atoms with Gasteiger partial charge in [-0.05, 0) is 34.5 Å². The molecule has 6 nitrogen and oxygen atoms in total. The number of fused-ring (bicyclic) bond motifs is 1. The highest BCUT2D eigenvalue weighted by atomic mass is 127. The van der Waals surface area contributed by atoms with Crippen molar-refractivity contribution in [2.45, 2.75) is 13.1 Å². The van der Waals surface area contributed by atoms with E-state index in [2.05, 4.69) is 39.7 Å². The fraction of sp³-hybridized carbons (Fsp3) is 0.263. The Labute approximate surface area is 170 Å². The van der Waals surface area contributed by atoms with Crippen LogP contribution in [0.1, 0.15) is 11.3 Å². The first kappa shape index (κ1) is 20.0. The summed E-state index contributed by atoms with van der Waals surface area (Å²) < 4.78 is 10.1. The Hall–Kier alpha value is -2.29. The average Bonchev–Trinajstić information content (AvgIpc) is 3.14. The van der Waals surface area contributed by atoms with E-state index < -0.39 is 0 Å². The van der Waals surface area contributed by atoms with Crippen LogP contribution in [0.2, 0.25) is 0 Å². The number of benzene rings is 2. The molecule has 0 aliphatic carbocycles. The molecule has 0 atom stereocenters. The third kappa shape index (κ3) is 4.87. The van der Waals surface area contributed by atoms with Gasteiger partial charge in [0.2, 0.25) is 0 Å². The third-order valence-electron chi connectivity index (χ3n) is 4.03. The van der Waals surface area contributed by atoms with Gasteiger partial charge in [0.05, 0.1) is 13.7 Å². The van der Waals surface area contributed by atoms with E-state index in [1.807, 2.05) is 30.1 Å². The first-order chi connectivity index (χ1) is 12.2. The standard InChI is InChI=1S/C19H22N4O2.HI/c1-20-19(23(2)13-17-8-9-25-22-17)21-12-14-4-5-16-11-18(24-3)7-6-15(16)10-14;/h4-11H,12-13H2,1-3H3,(H,20,21);1H. The zero-order chi connectivity index (χ0) is 17.6. The van der Waals surface area contributed by atoms with Gasteiger partial charge < -0.3 is 19.5 Å². The zero-order valence-corrected chi connectivity index (χ0v) is 17.4. The molecular formula is C19H23IN4O2. The minimum absolute atomic E-state index is 0. The molecule has 0 radical (unpaired) electrons. The van der Waals surface area contributed by atoms with Crippen molar-refractivity contribution < 1.29 is 9.26 Å². The van der Waals surface area contributed by atoms with Crippen molar-refractivity contribution >= 4 is 40.7 Å². The smallest absolute Gasteiger partial charge is 0.194 e. The van der Waals surface area contributed by atoms with Gasteiger partial charge in [-0.3, -0.25) is 4.99 Å². The van der Waals surface area contributed by atoms with Crippen LogP contribution in [0.25, 0.3) is 10.8 Å². The minimum Gasteiger partial charge on any atom is -0.497 e. The molecule has 2 aromatic carbocycles. The summed E-state index contributed by atoms with van der Waals surface area (Å²) in [6.07, 6.45) is 1.57. The molecule has 1 aromatic heterocycles.